The third-order valence-electron chi connectivity index (χ3n) is 5.09. The maximum Gasteiger partial charge on any atom is 0.237 e. The van der Waals surface area contributed by atoms with Crippen LogP contribution in [-0.4, -0.2) is 18.5 Å². The lowest BCUT2D eigenvalue weighted by atomic mass is 9.70. The molecule has 2 unspecified atom stereocenters. The number of benzene rings is 1. The van der Waals surface area contributed by atoms with Crippen molar-refractivity contribution in [3.63, 3.8) is 0 Å². The van der Waals surface area contributed by atoms with Crippen molar-refractivity contribution in [2.24, 2.45) is 5.41 Å². The normalized spacial score (nSPS) is 28.4. The number of aryl methyl sites for hydroxylation is 1. The van der Waals surface area contributed by atoms with E-state index in [4.69, 9.17) is 0 Å². The van der Waals surface area contributed by atoms with Crippen LogP contribution in [-0.2, 0) is 11.2 Å². The minimum Gasteiger partial charge on any atom is -0.355 e. The first-order valence-electron chi connectivity index (χ1n) is 8.19. The molecule has 3 heteroatoms. The van der Waals surface area contributed by atoms with Crippen molar-refractivity contribution in [3.05, 3.63) is 35.4 Å². The van der Waals surface area contributed by atoms with E-state index in [1.165, 1.54) is 11.1 Å². The number of nitrogens with one attached hydrogen (secondary N) is 2. The van der Waals surface area contributed by atoms with E-state index in [9.17, 15) is 4.79 Å². The number of rotatable bonds is 2. The molecule has 3 rings (SSSR count). The van der Waals surface area contributed by atoms with E-state index >= 15 is 0 Å². The molecule has 1 fully saturated rings. The second-order valence-corrected chi connectivity index (χ2v) is 7.13. The van der Waals surface area contributed by atoms with Crippen molar-refractivity contribution >= 4 is 5.91 Å². The fraction of sp³-hybridized carbons (Fsp3) is 0.611. The van der Waals surface area contributed by atoms with Gasteiger partial charge >= 0.3 is 0 Å². The van der Waals surface area contributed by atoms with Gasteiger partial charge in [-0.3, -0.25) is 10.1 Å². The van der Waals surface area contributed by atoms with Gasteiger partial charge in [0.2, 0.25) is 5.91 Å². The molecule has 1 heterocycles. The lowest BCUT2D eigenvalue weighted by Gasteiger charge is -2.42. The van der Waals surface area contributed by atoms with E-state index in [1.807, 2.05) is 0 Å². The van der Waals surface area contributed by atoms with Crippen LogP contribution in [0.25, 0.3) is 0 Å². The van der Waals surface area contributed by atoms with Gasteiger partial charge < -0.3 is 5.32 Å². The quantitative estimate of drug-likeness (QED) is 0.877. The second kappa shape index (κ2) is 5.80. The molecule has 114 valence electrons. The van der Waals surface area contributed by atoms with Gasteiger partial charge in [0.1, 0.15) is 0 Å². The molecule has 1 amide bonds. The van der Waals surface area contributed by atoms with Crippen LogP contribution in [0, 0.1) is 5.41 Å². The summed E-state index contributed by atoms with van der Waals surface area (Å²) in [5.74, 6) is 0.173. The Morgan fingerprint density at radius 1 is 1.24 bits per heavy atom. The summed E-state index contributed by atoms with van der Waals surface area (Å²) in [5, 5.41) is 6.72. The van der Waals surface area contributed by atoms with Crippen LogP contribution in [0.5, 0.6) is 0 Å². The molecule has 2 atom stereocenters. The van der Waals surface area contributed by atoms with Crippen LogP contribution in [0.1, 0.15) is 56.7 Å². The first-order chi connectivity index (χ1) is 10.1. The van der Waals surface area contributed by atoms with E-state index in [0.717, 1.165) is 38.6 Å². The largest absolute Gasteiger partial charge is 0.355 e. The molecule has 2 aliphatic rings. The standard InChI is InChI=1S/C18H26N2O/c1-18(2)11-10-13-7-3-4-8-14(13)16(18)20-15-9-5-6-12-19-17(15)21/h3-4,7-8,15-16,20H,5-6,9-12H2,1-2H3,(H,19,21). The van der Waals surface area contributed by atoms with Crippen LogP contribution in [0.2, 0.25) is 0 Å². The van der Waals surface area contributed by atoms with Crippen LogP contribution < -0.4 is 10.6 Å². The second-order valence-electron chi connectivity index (χ2n) is 7.13. The summed E-state index contributed by atoms with van der Waals surface area (Å²) in [6.07, 6.45) is 5.45. The first kappa shape index (κ1) is 14.6. The summed E-state index contributed by atoms with van der Waals surface area (Å²) in [6.45, 7) is 5.45. The number of hydrogen-bond acceptors (Lipinski definition) is 2. The first-order valence-corrected chi connectivity index (χ1v) is 8.19. The van der Waals surface area contributed by atoms with Crippen LogP contribution in [0.3, 0.4) is 0 Å². The average molecular weight is 286 g/mol. The highest BCUT2D eigenvalue weighted by molar-refractivity contribution is 5.82. The molecule has 1 aliphatic carbocycles. The Morgan fingerprint density at radius 3 is 2.90 bits per heavy atom. The molecule has 0 aromatic heterocycles. The highest BCUT2D eigenvalue weighted by atomic mass is 16.2. The number of carbonyl (C=O) groups is 1. The van der Waals surface area contributed by atoms with Gasteiger partial charge in [-0.25, -0.2) is 0 Å². The third kappa shape index (κ3) is 2.98. The van der Waals surface area contributed by atoms with Gasteiger partial charge in [0.15, 0.2) is 0 Å². The molecular formula is C18H26N2O. The molecular weight excluding hydrogens is 260 g/mol. The summed E-state index contributed by atoms with van der Waals surface area (Å²) in [4.78, 5) is 12.2. The van der Waals surface area contributed by atoms with Crippen molar-refractivity contribution < 1.29 is 4.79 Å². The Kier molecular flexibility index (Phi) is 4.03. The molecule has 1 aromatic carbocycles. The van der Waals surface area contributed by atoms with Gasteiger partial charge in [-0.15, -0.1) is 0 Å². The van der Waals surface area contributed by atoms with Gasteiger partial charge in [0.25, 0.3) is 0 Å². The Bertz CT molecular complexity index is 524. The third-order valence-corrected chi connectivity index (χ3v) is 5.09. The van der Waals surface area contributed by atoms with Crippen molar-refractivity contribution in [2.45, 2.75) is 58.0 Å². The maximum absolute atomic E-state index is 12.2. The zero-order chi connectivity index (χ0) is 14.9. The zero-order valence-corrected chi connectivity index (χ0v) is 13.1. The van der Waals surface area contributed by atoms with E-state index in [2.05, 4.69) is 48.7 Å². The molecule has 2 N–H and O–H groups in total. The summed E-state index contributed by atoms with van der Waals surface area (Å²) < 4.78 is 0. The fourth-order valence-electron chi connectivity index (χ4n) is 3.68. The van der Waals surface area contributed by atoms with Gasteiger partial charge in [-0.05, 0) is 48.6 Å². The monoisotopic (exact) mass is 286 g/mol. The van der Waals surface area contributed by atoms with E-state index in [-0.39, 0.29) is 23.4 Å². The topological polar surface area (TPSA) is 41.1 Å². The molecule has 0 saturated carbocycles. The van der Waals surface area contributed by atoms with E-state index in [0.29, 0.717) is 0 Å². The van der Waals surface area contributed by atoms with Gasteiger partial charge in [0, 0.05) is 12.6 Å². The smallest absolute Gasteiger partial charge is 0.237 e. The number of carbonyl (C=O) groups excluding carboxylic acids is 1. The Balaban J connectivity index is 1.86. The van der Waals surface area contributed by atoms with Crippen LogP contribution in [0.4, 0.5) is 0 Å². The van der Waals surface area contributed by atoms with Gasteiger partial charge in [0.05, 0.1) is 6.04 Å². The van der Waals surface area contributed by atoms with E-state index in [1.54, 1.807) is 0 Å². The Morgan fingerprint density at radius 2 is 2.05 bits per heavy atom. The highest BCUT2D eigenvalue weighted by Gasteiger charge is 2.38. The van der Waals surface area contributed by atoms with Crippen molar-refractivity contribution in [1.82, 2.24) is 10.6 Å². The van der Waals surface area contributed by atoms with Crippen molar-refractivity contribution in [2.75, 3.05) is 6.54 Å². The number of fused-ring (bicyclic) bond motifs is 1. The van der Waals surface area contributed by atoms with Gasteiger partial charge in [-0.1, -0.05) is 38.1 Å². The molecule has 1 saturated heterocycles. The SMILES string of the molecule is CC1(C)CCc2ccccc2C1NC1CCCCNC1=O. The summed E-state index contributed by atoms with van der Waals surface area (Å²) in [6, 6.07) is 8.89. The molecule has 1 aromatic rings. The average Bonchev–Trinajstić information content (AvgIpc) is 2.67. The fourth-order valence-corrected chi connectivity index (χ4v) is 3.68. The van der Waals surface area contributed by atoms with Gasteiger partial charge in [-0.2, -0.15) is 0 Å². The lowest BCUT2D eigenvalue weighted by molar-refractivity contribution is -0.123. The highest BCUT2D eigenvalue weighted by Crippen LogP contribution is 2.43. The number of amides is 1. The summed E-state index contributed by atoms with van der Waals surface area (Å²) in [5.41, 5.74) is 3.00. The van der Waals surface area contributed by atoms with E-state index < -0.39 is 0 Å². The van der Waals surface area contributed by atoms with Crippen LogP contribution >= 0.6 is 0 Å². The molecule has 0 bridgehead atoms. The summed E-state index contributed by atoms with van der Waals surface area (Å²) in [7, 11) is 0. The molecule has 0 radical (unpaired) electrons. The minimum absolute atomic E-state index is 0.0528. The molecule has 1 aliphatic heterocycles. The van der Waals surface area contributed by atoms with Crippen molar-refractivity contribution in [3.8, 4) is 0 Å². The van der Waals surface area contributed by atoms with Crippen LogP contribution in [0.15, 0.2) is 24.3 Å². The number of hydrogen-bond donors (Lipinski definition) is 2. The molecule has 21 heavy (non-hydrogen) atoms. The Labute approximate surface area is 127 Å². The predicted octanol–water partition coefficient (Wildman–Crippen LogP) is 2.96. The maximum atomic E-state index is 12.2. The molecule has 3 nitrogen and oxygen atoms in total. The Hall–Kier alpha value is -1.35. The lowest BCUT2D eigenvalue weighted by Crippen LogP contribution is -2.49. The van der Waals surface area contributed by atoms with Crippen molar-refractivity contribution in [1.29, 1.82) is 0 Å². The predicted molar refractivity (Wildman–Crippen MR) is 85.1 cm³/mol. The molecule has 0 spiro atoms. The minimum atomic E-state index is -0.0528. The summed E-state index contributed by atoms with van der Waals surface area (Å²) >= 11 is 0. The zero-order valence-electron chi connectivity index (χ0n) is 13.1.